The molecule has 1 aromatic heterocycles. The molecule has 7 heteroatoms. The van der Waals surface area contributed by atoms with Crippen molar-refractivity contribution >= 4 is 21.6 Å². The van der Waals surface area contributed by atoms with E-state index in [0.29, 0.717) is 18.1 Å². The Balaban J connectivity index is 2.38. The monoisotopic (exact) mass is 334 g/mol. The lowest BCUT2D eigenvalue weighted by atomic mass is 10.2. The van der Waals surface area contributed by atoms with Crippen LogP contribution in [0.3, 0.4) is 0 Å². The maximum absolute atomic E-state index is 13.0. The Bertz CT molecular complexity index is 585. The van der Waals surface area contributed by atoms with Gasteiger partial charge in [0.2, 0.25) is 10.0 Å². The van der Waals surface area contributed by atoms with Crippen LogP contribution in [0.5, 0.6) is 0 Å². The number of furan rings is 1. The number of alkyl halides is 1. The van der Waals surface area contributed by atoms with Crippen LogP contribution in [0, 0.1) is 6.92 Å². The fraction of sp³-hybridized carbons (Fsp3) is 0.714. The Morgan fingerprint density at radius 1 is 1.43 bits per heavy atom. The highest BCUT2D eigenvalue weighted by Gasteiger charge is 2.35. The van der Waals surface area contributed by atoms with Gasteiger partial charge >= 0.3 is 0 Å². The van der Waals surface area contributed by atoms with Gasteiger partial charge in [-0.05, 0) is 33.4 Å². The molecule has 1 aliphatic heterocycles. The predicted molar refractivity (Wildman–Crippen MR) is 83.1 cm³/mol. The van der Waals surface area contributed by atoms with E-state index >= 15 is 0 Å². The molecule has 0 spiro atoms. The normalized spacial score (nSPS) is 22.4. The zero-order chi connectivity index (χ0) is 15.6. The summed E-state index contributed by atoms with van der Waals surface area (Å²) >= 11 is 5.74. The third kappa shape index (κ3) is 3.44. The molecular weight excluding hydrogens is 312 g/mol. The molecule has 1 fully saturated rings. The van der Waals surface area contributed by atoms with Gasteiger partial charge in [0.25, 0.3) is 0 Å². The summed E-state index contributed by atoms with van der Waals surface area (Å²) in [7, 11) is -1.50. The Morgan fingerprint density at radius 3 is 2.71 bits per heavy atom. The molecule has 0 N–H and O–H groups in total. The fourth-order valence-corrected chi connectivity index (χ4v) is 4.89. The van der Waals surface area contributed by atoms with E-state index in [0.717, 1.165) is 25.9 Å². The lowest BCUT2D eigenvalue weighted by Crippen LogP contribution is -2.43. The van der Waals surface area contributed by atoms with Crippen LogP contribution in [0.2, 0.25) is 0 Å². The summed E-state index contributed by atoms with van der Waals surface area (Å²) in [6.07, 6.45) is 1.63. The second kappa shape index (κ2) is 6.69. The highest BCUT2D eigenvalue weighted by atomic mass is 35.5. The summed E-state index contributed by atoms with van der Waals surface area (Å²) in [6, 6.07) is 1.55. The molecule has 0 radical (unpaired) electrons. The maximum atomic E-state index is 13.0. The van der Waals surface area contributed by atoms with E-state index in [2.05, 4.69) is 4.90 Å². The molecule has 0 saturated carbocycles. The molecule has 0 bridgehead atoms. The van der Waals surface area contributed by atoms with Crippen molar-refractivity contribution in [3.05, 3.63) is 17.6 Å². The van der Waals surface area contributed by atoms with Crippen LogP contribution in [0.1, 0.15) is 31.3 Å². The third-order valence-electron chi connectivity index (χ3n) is 3.96. The zero-order valence-corrected chi connectivity index (χ0v) is 14.4. The van der Waals surface area contributed by atoms with Crippen LogP contribution in [0.15, 0.2) is 15.4 Å². The van der Waals surface area contributed by atoms with Gasteiger partial charge in [0.1, 0.15) is 16.4 Å². The van der Waals surface area contributed by atoms with Gasteiger partial charge < -0.3 is 9.32 Å². The van der Waals surface area contributed by atoms with Gasteiger partial charge in [0, 0.05) is 25.2 Å². The molecule has 2 rings (SSSR count). The van der Waals surface area contributed by atoms with Crippen LogP contribution in [-0.4, -0.2) is 50.3 Å². The first-order valence-corrected chi connectivity index (χ1v) is 9.23. The summed E-state index contributed by atoms with van der Waals surface area (Å²) < 4.78 is 33.0. The Morgan fingerprint density at radius 2 is 2.14 bits per heavy atom. The van der Waals surface area contributed by atoms with Crippen molar-refractivity contribution in [3.8, 4) is 0 Å². The molecular formula is C14H23ClN2O3S. The third-order valence-corrected chi connectivity index (χ3v) is 6.28. The minimum absolute atomic E-state index is 0.00347. The number of nitrogens with zero attached hydrogens (tertiary/aromatic N) is 2. The van der Waals surface area contributed by atoms with Gasteiger partial charge in [-0.2, -0.15) is 4.31 Å². The van der Waals surface area contributed by atoms with E-state index in [1.807, 2.05) is 14.0 Å². The van der Waals surface area contributed by atoms with Crippen LogP contribution in [0.25, 0.3) is 0 Å². The largest absolute Gasteiger partial charge is 0.464 e. The smallest absolute Gasteiger partial charge is 0.246 e. The Kier molecular flexibility index (Phi) is 5.35. The first-order valence-electron chi connectivity index (χ1n) is 7.25. The molecule has 0 aromatic carbocycles. The maximum Gasteiger partial charge on any atom is 0.246 e. The molecule has 1 aromatic rings. The molecule has 1 aliphatic rings. The van der Waals surface area contributed by atoms with Crippen molar-refractivity contribution < 1.29 is 12.8 Å². The highest BCUT2D eigenvalue weighted by Crippen LogP contribution is 2.27. The Hall–Kier alpha value is -0.560. The van der Waals surface area contributed by atoms with Gasteiger partial charge in [-0.15, -0.1) is 11.6 Å². The molecule has 1 atom stereocenters. The topological polar surface area (TPSA) is 53.8 Å². The van der Waals surface area contributed by atoms with Gasteiger partial charge in [0.05, 0.1) is 5.88 Å². The van der Waals surface area contributed by atoms with Crippen LogP contribution in [-0.2, 0) is 15.9 Å². The summed E-state index contributed by atoms with van der Waals surface area (Å²) in [6.45, 7) is 5.92. The molecule has 2 heterocycles. The molecule has 0 aliphatic carbocycles. The van der Waals surface area contributed by atoms with Gasteiger partial charge in [0.15, 0.2) is 0 Å². The lowest BCUT2D eigenvalue weighted by molar-refractivity contribution is 0.270. The van der Waals surface area contributed by atoms with Crippen LogP contribution < -0.4 is 0 Å². The van der Waals surface area contributed by atoms with Crippen molar-refractivity contribution in [3.63, 3.8) is 0 Å². The molecule has 1 saturated heterocycles. The standard InChI is InChI=1S/C14H23ClN2O3S/c1-4-12-10-16(3)6-5-7-17(12)21(18,19)14-8-13(9-15)20-11(14)2/h8,12H,4-7,9-10H2,1-3H3. The number of aryl methyl sites for hydroxylation is 1. The molecule has 5 nitrogen and oxygen atoms in total. The average Bonchev–Trinajstić information content (AvgIpc) is 2.71. The van der Waals surface area contributed by atoms with Gasteiger partial charge in [-0.25, -0.2) is 8.42 Å². The van der Waals surface area contributed by atoms with E-state index in [9.17, 15) is 8.42 Å². The van der Waals surface area contributed by atoms with E-state index in [4.69, 9.17) is 16.0 Å². The summed E-state index contributed by atoms with van der Waals surface area (Å²) in [5.74, 6) is 1.09. The van der Waals surface area contributed by atoms with Crippen LogP contribution >= 0.6 is 11.6 Å². The Labute approximate surface area is 131 Å². The second-order valence-corrected chi connectivity index (χ2v) is 7.69. The first-order chi connectivity index (χ1) is 9.90. The van der Waals surface area contributed by atoms with Gasteiger partial charge in [-0.1, -0.05) is 6.92 Å². The summed E-state index contributed by atoms with van der Waals surface area (Å²) in [5.41, 5.74) is 0. The minimum atomic E-state index is -3.54. The SMILES string of the molecule is CCC1CN(C)CCCN1S(=O)(=O)c1cc(CCl)oc1C. The number of sulfonamides is 1. The number of halogens is 1. The lowest BCUT2D eigenvalue weighted by Gasteiger charge is -2.29. The van der Waals surface area contributed by atoms with E-state index in [-0.39, 0.29) is 16.8 Å². The van der Waals surface area contributed by atoms with Crippen molar-refractivity contribution in [1.29, 1.82) is 0 Å². The van der Waals surface area contributed by atoms with Crippen molar-refractivity contribution in [2.45, 2.75) is 43.5 Å². The van der Waals surface area contributed by atoms with E-state index in [1.54, 1.807) is 17.3 Å². The van der Waals surface area contributed by atoms with Crippen molar-refractivity contribution in [1.82, 2.24) is 9.21 Å². The minimum Gasteiger partial charge on any atom is -0.464 e. The second-order valence-electron chi connectivity index (χ2n) is 5.56. The predicted octanol–water partition coefficient (Wildman–Crippen LogP) is 2.43. The highest BCUT2D eigenvalue weighted by molar-refractivity contribution is 7.89. The molecule has 1 unspecified atom stereocenters. The number of hydrogen-bond donors (Lipinski definition) is 0. The average molecular weight is 335 g/mol. The van der Waals surface area contributed by atoms with Crippen molar-refractivity contribution in [2.75, 3.05) is 26.7 Å². The number of likely N-dealkylation sites (N-methyl/N-ethyl adjacent to an activating group) is 1. The molecule has 0 amide bonds. The number of hydrogen-bond acceptors (Lipinski definition) is 4. The summed E-state index contributed by atoms with van der Waals surface area (Å²) in [4.78, 5) is 2.44. The van der Waals surface area contributed by atoms with E-state index < -0.39 is 10.0 Å². The quantitative estimate of drug-likeness (QED) is 0.794. The zero-order valence-electron chi connectivity index (χ0n) is 12.8. The molecule has 21 heavy (non-hydrogen) atoms. The fourth-order valence-electron chi connectivity index (χ4n) is 2.84. The first kappa shape index (κ1) is 16.8. The van der Waals surface area contributed by atoms with E-state index in [1.165, 1.54) is 0 Å². The van der Waals surface area contributed by atoms with Crippen LogP contribution in [0.4, 0.5) is 0 Å². The summed E-state index contributed by atoms with van der Waals surface area (Å²) in [5, 5.41) is 0. The van der Waals surface area contributed by atoms with Gasteiger partial charge in [-0.3, -0.25) is 0 Å². The molecule has 120 valence electrons. The van der Waals surface area contributed by atoms with Crippen molar-refractivity contribution in [2.24, 2.45) is 0 Å². The number of rotatable bonds is 4.